The SMILES string of the molecule is c1ccc(-c2nc(-c3ccc(-c4ccc(-c5ccc(-c6ccc7oc8ccccc8c7c6)cc5)cc4)cc3)cc(-c3ccc4c(c3)C(c3ccccc3)(c3ccccc3)c3ccccc3-4)n2)cc1. The number of aromatic nitrogens is 2. The largest absolute Gasteiger partial charge is 0.456 e. The van der Waals surface area contributed by atoms with Crippen LogP contribution in [0.15, 0.2) is 259 Å². The van der Waals surface area contributed by atoms with Gasteiger partial charge >= 0.3 is 0 Å². The lowest BCUT2D eigenvalue weighted by Gasteiger charge is -2.34. The van der Waals surface area contributed by atoms with E-state index in [1.54, 1.807) is 0 Å². The number of hydrogen-bond acceptors (Lipinski definition) is 3. The van der Waals surface area contributed by atoms with Crippen LogP contribution < -0.4 is 0 Å². The molecule has 10 aromatic carbocycles. The normalized spacial score (nSPS) is 12.5. The molecule has 0 N–H and O–H groups in total. The minimum absolute atomic E-state index is 0.505. The molecule has 1 aliphatic rings. The Kier molecular flexibility index (Phi) is 9.40. The van der Waals surface area contributed by atoms with E-state index in [1.807, 2.05) is 30.3 Å². The zero-order chi connectivity index (χ0) is 45.0. The van der Waals surface area contributed by atoms with Crippen LogP contribution >= 0.6 is 0 Å². The average Bonchev–Trinajstić information content (AvgIpc) is 3.95. The first kappa shape index (κ1) is 39.4. The van der Waals surface area contributed by atoms with Gasteiger partial charge in [-0.2, -0.15) is 0 Å². The van der Waals surface area contributed by atoms with Gasteiger partial charge in [0.25, 0.3) is 0 Å². The summed E-state index contributed by atoms with van der Waals surface area (Å²) >= 11 is 0. The third-order valence-electron chi connectivity index (χ3n) is 13.8. The van der Waals surface area contributed by atoms with Gasteiger partial charge in [-0.25, -0.2) is 9.97 Å². The van der Waals surface area contributed by atoms with E-state index in [-0.39, 0.29) is 0 Å². The first-order valence-corrected chi connectivity index (χ1v) is 23.2. The average molecular weight is 867 g/mol. The Labute approximate surface area is 395 Å². The molecule has 2 heterocycles. The van der Waals surface area contributed by atoms with Crippen LogP contribution in [0.2, 0.25) is 0 Å². The molecule has 2 aromatic heterocycles. The number of hydrogen-bond donors (Lipinski definition) is 0. The van der Waals surface area contributed by atoms with Crippen molar-refractivity contribution in [2.75, 3.05) is 0 Å². The number of rotatable bonds is 8. The van der Waals surface area contributed by atoms with Crippen LogP contribution in [-0.4, -0.2) is 9.97 Å². The molecule has 0 amide bonds. The van der Waals surface area contributed by atoms with Crippen molar-refractivity contribution >= 4 is 21.9 Å². The zero-order valence-corrected chi connectivity index (χ0v) is 37.1. The molecule has 0 bridgehead atoms. The van der Waals surface area contributed by atoms with Crippen LogP contribution in [0, 0.1) is 0 Å². The fourth-order valence-corrected chi connectivity index (χ4v) is 10.5. The molecule has 1 aliphatic carbocycles. The number of fused-ring (bicyclic) bond motifs is 6. The van der Waals surface area contributed by atoms with Crippen LogP contribution in [0.4, 0.5) is 0 Å². The maximum atomic E-state index is 6.07. The second-order valence-electron chi connectivity index (χ2n) is 17.7. The summed E-state index contributed by atoms with van der Waals surface area (Å²) in [5.74, 6) is 0.694. The third-order valence-corrected chi connectivity index (χ3v) is 13.8. The highest BCUT2D eigenvalue weighted by Gasteiger charge is 2.46. The van der Waals surface area contributed by atoms with Gasteiger partial charge in [0.2, 0.25) is 0 Å². The van der Waals surface area contributed by atoms with Gasteiger partial charge in [0.05, 0.1) is 16.8 Å². The Hall–Kier alpha value is -8.92. The number of nitrogens with zero attached hydrogens (tertiary/aromatic N) is 2. The van der Waals surface area contributed by atoms with E-state index < -0.39 is 5.41 Å². The smallest absolute Gasteiger partial charge is 0.160 e. The van der Waals surface area contributed by atoms with Gasteiger partial charge in [-0.05, 0) is 97.1 Å². The first-order chi connectivity index (χ1) is 33.7. The molecule has 0 radical (unpaired) electrons. The van der Waals surface area contributed by atoms with Gasteiger partial charge in [0.15, 0.2) is 5.82 Å². The standard InChI is InChI=1S/C65H42N2O/c1-4-14-49(15-5-1)64-66-60(42-61(67-64)51-36-38-55-54-20-10-12-22-58(54)65(59(55)41-51,52-16-6-2-7-17-52)53-18-8-3-9-19-53)48-34-32-46(33-35-48)44-26-24-43(25-27-44)45-28-30-47(31-29-45)50-37-39-63-57(40-50)56-21-11-13-23-62(56)68-63/h1-42H. The Morgan fingerprint density at radius 2 is 0.735 bits per heavy atom. The summed E-state index contributed by atoms with van der Waals surface area (Å²) in [5.41, 5.74) is 20.6. The molecule has 318 valence electrons. The lowest BCUT2D eigenvalue weighted by molar-refractivity contribution is 0.669. The van der Waals surface area contributed by atoms with Crippen molar-refractivity contribution in [1.29, 1.82) is 0 Å². The fraction of sp³-hybridized carbons (Fsp3) is 0.0154. The summed E-state index contributed by atoms with van der Waals surface area (Å²) < 4.78 is 6.07. The molecular weight excluding hydrogens is 825 g/mol. The first-order valence-electron chi connectivity index (χ1n) is 23.2. The highest BCUT2D eigenvalue weighted by molar-refractivity contribution is 6.06. The molecule has 0 saturated heterocycles. The topological polar surface area (TPSA) is 38.9 Å². The Balaban J connectivity index is 0.829. The van der Waals surface area contributed by atoms with Crippen LogP contribution in [0.3, 0.4) is 0 Å². The van der Waals surface area contributed by atoms with Crippen molar-refractivity contribution in [2.24, 2.45) is 0 Å². The van der Waals surface area contributed by atoms with Crippen molar-refractivity contribution in [2.45, 2.75) is 5.41 Å². The number of furan rings is 1. The van der Waals surface area contributed by atoms with Gasteiger partial charge in [-0.3, -0.25) is 0 Å². The second kappa shape index (κ2) is 16.2. The predicted molar refractivity (Wildman–Crippen MR) is 279 cm³/mol. The lowest BCUT2D eigenvalue weighted by atomic mass is 9.67. The van der Waals surface area contributed by atoms with E-state index in [9.17, 15) is 0 Å². The quantitative estimate of drug-likeness (QED) is 0.153. The Morgan fingerprint density at radius 1 is 0.279 bits per heavy atom. The van der Waals surface area contributed by atoms with E-state index in [0.29, 0.717) is 5.82 Å². The highest BCUT2D eigenvalue weighted by Crippen LogP contribution is 2.56. The summed E-state index contributed by atoms with van der Waals surface area (Å²) in [6.45, 7) is 0. The molecule has 3 nitrogen and oxygen atoms in total. The molecule has 3 heteroatoms. The second-order valence-corrected chi connectivity index (χ2v) is 17.7. The molecule has 0 aliphatic heterocycles. The summed E-state index contributed by atoms with van der Waals surface area (Å²) in [6, 6.07) is 91.2. The molecule has 0 fully saturated rings. The zero-order valence-electron chi connectivity index (χ0n) is 37.1. The molecule has 0 spiro atoms. The predicted octanol–water partition coefficient (Wildman–Crippen LogP) is 16.7. The van der Waals surface area contributed by atoms with Crippen molar-refractivity contribution in [3.05, 3.63) is 277 Å². The van der Waals surface area contributed by atoms with E-state index in [4.69, 9.17) is 14.4 Å². The van der Waals surface area contributed by atoms with E-state index in [2.05, 4.69) is 224 Å². The summed E-state index contributed by atoms with van der Waals surface area (Å²) in [5, 5.41) is 2.28. The van der Waals surface area contributed by atoms with E-state index >= 15 is 0 Å². The van der Waals surface area contributed by atoms with Crippen molar-refractivity contribution in [3.8, 4) is 78.4 Å². The maximum absolute atomic E-state index is 6.07. The van der Waals surface area contributed by atoms with Crippen LogP contribution in [0.25, 0.3) is 100 Å². The Morgan fingerprint density at radius 3 is 1.37 bits per heavy atom. The number of para-hydroxylation sites is 1. The molecule has 68 heavy (non-hydrogen) atoms. The third kappa shape index (κ3) is 6.59. The summed E-state index contributed by atoms with van der Waals surface area (Å²) in [7, 11) is 0. The van der Waals surface area contributed by atoms with Gasteiger partial charge < -0.3 is 4.42 Å². The molecule has 0 unspecified atom stereocenters. The van der Waals surface area contributed by atoms with Crippen molar-refractivity contribution in [3.63, 3.8) is 0 Å². The molecule has 12 aromatic rings. The van der Waals surface area contributed by atoms with Gasteiger partial charge in [-0.15, -0.1) is 0 Å². The molecular formula is C65H42N2O. The van der Waals surface area contributed by atoms with Crippen molar-refractivity contribution < 1.29 is 4.42 Å². The van der Waals surface area contributed by atoms with Gasteiger partial charge in [-0.1, -0.05) is 224 Å². The minimum atomic E-state index is -0.505. The van der Waals surface area contributed by atoms with Crippen LogP contribution in [0.1, 0.15) is 22.3 Å². The van der Waals surface area contributed by atoms with Crippen LogP contribution in [-0.2, 0) is 5.41 Å². The van der Waals surface area contributed by atoms with Gasteiger partial charge in [0, 0.05) is 27.5 Å². The number of benzene rings is 10. The maximum Gasteiger partial charge on any atom is 0.160 e. The van der Waals surface area contributed by atoms with E-state index in [1.165, 1.54) is 55.6 Å². The summed E-state index contributed by atoms with van der Waals surface area (Å²) in [4.78, 5) is 10.5. The van der Waals surface area contributed by atoms with Gasteiger partial charge in [0.1, 0.15) is 11.2 Å². The van der Waals surface area contributed by atoms with E-state index in [0.717, 1.165) is 61.1 Å². The minimum Gasteiger partial charge on any atom is -0.456 e. The monoisotopic (exact) mass is 866 g/mol. The molecule has 13 rings (SSSR count). The van der Waals surface area contributed by atoms with Crippen LogP contribution in [0.5, 0.6) is 0 Å². The summed E-state index contributed by atoms with van der Waals surface area (Å²) in [6.07, 6.45) is 0. The highest BCUT2D eigenvalue weighted by atomic mass is 16.3. The molecule has 0 saturated carbocycles. The fourth-order valence-electron chi connectivity index (χ4n) is 10.5. The Bertz CT molecular complexity index is 3760. The van der Waals surface area contributed by atoms with Crippen molar-refractivity contribution in [1.82, 2.24) is 9.97 Å². The molecule has 0 atom stereocenters. The lowest BCUT2D eigenvalue weighted by Crippen LogP contribution is -2.28.